The number of nitrogens with zero attached hydrogens (tertiary/aromatic N) is 3. The van der Waals surface area contributed by atoms with Crippen LogP contribution in [0.2, 0.25) is 0 Å². The summed E-state index contributed by atoms with van der Waals surface area (Å²) in [7, 11) is 0. The van der Waals surface area contributed by atoms with Crippen LogP contribution in [0.3, 0.4) is 0 Å². The number of hydrogen-bond donors (Lipinski definition) is 1. The number of rotatable bonds is 4. The molecule has 4 rings (SSSR count). The van der Waals surface area contributed by atoms with Crippen molar-refractivity contribution in [3.8, 4) is 0 Å². The monoisotopic (exact) mass is 404 g/mol. The van der Waals surface area contributed by atoms with Gasteiger partial charge in [-0.15, -0.1) is 0 Å². The molecule has 0 spiro atoms. The van der Waals surface area contributed by atoms with Crippen LogP contribution in [0.15, 0.2) is 29.0 Å². The molecule has 1 saturated heterocycles. The number of ether oxygens (including phenoxy) is 1. The Kier molecular flexibility index (Phi) is 5.48. The van der Waals surface area contributed by atoms with Crippen LogP contribution < -0.4 is 5.32 Å². The van der Waals surface area contributed by atoms with E-state index in [2.05, 4.69) is 42.2 Å². The van der Waals surface area contributed by atoms with Crippen molar-refractivity contribution in [3.63, 3.8) is 0 Å². The maximum atomic E-state index is 5.48. The predicted molar refractivity (Wildman–Crippen MR) is 104 cm³/mol. The second-order valence-electron chi connectivity index (χ2n) is 7.09. The first kappa shape index (κ1) is 17.2. The zero-order valence-corrected chi connectivity index (χ0v) is 16.0. The molecule has 1 aromatic carbocycles. The Morgan fingerprint density at radius 1 is 1.12 bits per heavy atom. The van der Waals surface area contributed by atoms with Gasteiger partial charge in [-0.2, -0.15) is 0 Å². The smallest absolute Gasteiger partial charge is 0.137 e. The van der Waals surface area contributed by atoms with E-state index in [4.69, 9.17) is 4.74 Å². The molecule has 1 aliphatic carbocycles. The molecule has 2 fully saturated rings. The third-order valence-electron chi connectivity index (χ3n) is 5.53. The number of nitrogens with one attached hydrogen (secondary N) is 1. The minimum absolute atomic E-state index is 0.731. The van der Waals surface area contributed by atoms with Crippen molar-refractivity contribution in [2.24, 2.45) is 5.92 Å². The highest BCUT2D eigenvalue weighted by atomic mass is 79.9. The average Bonchev–Trinajstić information content (AvgIpc) is 2.67. The van der Waals surface area contributed by atoms with Crippen molar-refractivity contribution in [3.05, 3.63) is 29.0 Å². The maximum Gasteiger partial charge on any atom is 0.137 e. The molecule has 0 atom stereocenters. The summed E-state index contributed by atoms with van der Waals surface area (Å²) in [5.41, 5.74) is 0.983. The van der Waals surface area contributed by atoms with E-state index in [1.54, 1.807) is 6.33 Å². The number of aromatic nitrogens is 2. The topological polar surface area (TPSA) is 50.3 Å². The molecule has 0 radical (unpaired) electrons. The lowest BCUT2D eigenvalue weighted by atomic mass is 9.85. The SMILES string of the molecule is Brc1ccc2ncnc(NCC3CCC(N4CCOCC4)CC3)c2c1. The van der Waals surface area contributed by atoms with Crippen molar-refractivity contribution in [1.82, 2.24) is 14.9 Å². The van der Waals surface area contributed by atoms with Gasteiger partial charge < -0.3 is 10.1 Å². The highest BCUT2D eigenvalue weighted by Gasteiger charge is 2.26. The number of fused-ring (bicyclic) bond motifs is 1. The van der Waals surface area contributed by atoms with Gasteiger partial charge in [0, 0.05) is 35.5 Å². The van der Waals surface area contributed by atoms with Crippen molar-refractivity contribution in [1.29, 1.82) is 0 Å². The van der Waals surface area contributed by atoms with E-state index < -0.39 is 0 Å². The largest absolute Gasteiger partial charge is 0.379 e. The summed E-state index contributed by atoms with van der Waals surface area (Å²) in [5, 5.41) is 4.66. The summed E-state index contributed by atoms with van der Waals surface area (Å²) in [5.74, 6) is 1.68. The molecule has 134 valence electrons. The van der Waals surface area contributed by atoms with Gasteiger partial charge in [-0.25, -0.2) is 9.97 Å². The first-order valence-electron chi connectivity index (χ1n) is 9.25. The lowest BCUT2D eigenvalue weighted by Gasteiger charge is -2.38. The van der Waals surface area contributed by atoms with Gasteiger partial charge in [0.05, 0.1) is 18.7 Å². The Hall–Kier alpha value is -1.24. The highest BCUT2D eigenvalue weighted by molar-refractivity contribution is 9.10. The van der Waals surface area contributed by atoms with Gasteiger partial charge in [-0.3, -0.25) is 4.90 Å². The lowest BCUT2D eigenvalue weighted by Crippen LogP contribution is -2.45. The average molecular weight is 405 g/mol. The molecule has 5 nitrogen and oxygen atoms in total. The van der Waals surface area contributed by atoms with Crippen molar-refractivity contribution >= 4 is 32.7 Å². The molecule has 2 aromatic rings. The van der Waals surface area contributed by atoms with Crippen LogP contribution >= 0.6 is 15.9 Å². The van der Waals surface area contributed by atoms with Crippen LogP contribution in [0.25, 0.3) is 10.9 Å². The summed E-state index contributed by atoms with van der Waals surface area (Å²) in [6, 6.07) is 6.90. The summed E-state index contributed by atoms with van der Waals surface area (Å²) < 4.78 is 6.53. The molecule has 2 aliphatic rings. The predicted octanol–water partition coefficient (Wildman–Crippen LogP) is 3.70. The van der Waals surface area contributed by atoms with E-state index in [0.29, 0.717) is 0 Å². The first-order valence-corrected chi connectivity index (χ1v) is 10.0. The van der Waals surface area contributed by atoms with Gasteiger partial charge >= 0.3 is 0 Å². The van der Waals surface area contributed by atoms with E-state index >= 15 is 0 Å². The van der Waals surface area contributed by atoms with Gasteiger partial charge in [-0.05, 0) is 49.8 Å². The third kappa shape index (κ3) is 4.13. The van der Waals surface area contributed by atoms with E-state index in [1.807, 2.05) is 12.1 Å². The molecule has 25 heavy (non-hydrogen) atoms. The lowest BCUT2D eigenvalue weighted by molar-refractivity contribution is 0.00540. The van der Waals surface area contributed by atoms with Crippen LogP contribution in [0.4, 0.5) is 5.82 Å². The Morgan fingerprint density at radius 2 is 1.92 bits per heavy atom. The molecule has 1 aromatic heterocycles. The third-order valence-corrected chi connectivity index (χ3v) is 6.03. The zero-order valence-electron chi connectivity index (χ0n) is 14.5. The molecule has 1 saturated carbocycles. The number of anilines is 1. The van der Waals surface area contributed by atoms with Crippen molar-refractivity contribution in [2.75, 3.05) is 38.2 Å². The standard InChI is InChI=1S/C19H25BrN4O/c20-15-3-6-18-17(11-15)19(23-13-22-18)21-12-14-1-4-16(5-2-14)24-7-9-25-10-8-24/h3,6,11,13-14,16H,1-2,4-5,7-10,12H2,(H,21,22,23). The fraction of sp³-hybridized carbons (Fsp3) is 0.579. The second kappa shape index (κ2) is 7.98. The zero-order chi connectivity index (χ0) is 17.1. The van der Waals surface area contributed by atoms with Gasteiger partial charge in [0.1, 0.15) is 12.1 Å². The molecule has 0 bridgehead atoms. The summed E-state index contributed by atoms with van der Waals surface area (Å²) in [6.45, 7) is 5.01. The normalized spacial score (nSPS) is 25.2. The first-order chi connectivity index (χ1) is 12.3. The number of hydrogen-bond acceptors (Lipinski definition) is 5. The fourth-order valence-electron chi connectivity index (χ4n) is 4.07. The van der Waals surface area contributed by atoms with Crippen LogP contribution in [0.1, 0.15) is 25.7 Å². The van der Waals surface area contributed by atoms with Gasteiger partial charge in [0.25, 0.3) is 0 Å². The van der Waals surface area contributed by atoms with E-state index in [0.717, 1.165) is 66.0 Å². The molecule has 1 aliphatic heterocycles. The minimum atomic E-state index is 0.731. The van der Waals surface area contributed by atoms with Gasteiger partial charge in [0.2, 0.25) is 0 Å². The molecular weight excluding hydrogens is 380 g/mol. The second-order valence-corrected chi connectivity index (χ2v) is 8.00. The Morgan fingerprint density at radius 3 is 2.72 bits per heavy atom. The summed E-state index contributed by atoms with van der Waals surface area (Å²) in [4.78, 5) is 11.4. The Bertz CT molecular complexity index is 712. The Balaban J connectivity index is 1.33. The van der Waals surface area contributed by atoms with Gasteiger partial charge in [0.15, 0.2) is 0 Å². The van der Waals surface area contributed by atoms with Crippen molar-refractivity contribution < 1.29 is 4.74 Å². The number of halogens is 1. The molecule has 0 unspecified atom stereocenters. The highest BCUT2D eigenvalue weighted by Crippen LogP contribution is 2.29. The Labute approximate surface area is 157 Å². The quantitative estimate of drug-likeness (QED) is 0.841. The van der Waals surface area contributed by atoms with Crippen LogP contribution in [-0.2, 0) is 4.74 Å². The molecular formula is C19H25BrN4O. The fourth-order valence-corrected chi connectivity index (χ4v) is 4.43. The van der Waals surface area contributed by atoms with Crippen LogP contribution in [0.5, 0.6) is 0 Å². The van der Waals surface area contributed by atoms with Crippen molar-refractivity contribution in [2.45, 2.75) is 31.7 Å². The van der Waals surface area contributed by atoms with E-state index in [1.165, 1.54) is 25.7 Å². The van der Waals surface area contributed by atoms with Crippen LogP contribution in [-0.4, -0.2) is 53.8 Å². The van der Waals surface area contributed by atoms with E-state index in [-0.39, 0.29) is 0 Å². The number of morpholine rings is 1. The molecule has 0 amide bonds. The van der Waals surface area contributed by atoms with E-state index in [9.17, 15) is 0 Å². The summed E-state index contributed by atoms with van der Waals surface area (Å²) in [6.07, 6.45) is 6.85. The molecule has 2 heterocycles. The summed E-state index contributed by atoms with van der Waals surface area (Å²) >= 11 is 3.54. The molecule has 1 N–H and O–H groups in total. The number of benzene rings is 1. The molecule has 6 heteroatoms. The van der Waals surface area contributed by atoms with Gasteiger partial charge in [-0.1, -0.05) is 15.9 Å². The van der Waals surface area contributed by atoms with Crippen LogP contribution in [0, 0.1) is 5.92 Å². The minimum Gasteiger partial charge on any atom is -0.379 e. The maximum absolute atomic E-state index is 5.48.